The smallest absolute Gasteiger partial charge is 0.330 e. The lowest BCUT2D eigenvalue weighted by molar-refractivity contribution is -0.147. The summed E-state index contributed by atoms with van der Waals surface area (Å²) in [6.45, 7) is 17.2. The van der Waals surface area contributed by atoms with E-state index in [1.54, 1.807) is 94.8 Å². The molecule has 6 rings (SSSR count). The number of amides is 4. The van der Waals surface area contributed by atoms with Crippen molar-refractivity contribution in [2.75, 3.05) is 76.5 Å². The SMILES string of the molecule is CCOCCCOC(=O)[C@H](CNC(=O)c1cccs1)NC(=O)c1c(C)nc(NCCCc2cccc(O)c2)nc1C.CCOCCCOC(=O)[C@H](CNC(=O)c1cccs1)NC(=O)c1c(C)nc(NCCCc2cccc(OC(=O)C(C)C)c2)nc1C. The van der Waals surface area contributed by atoms with Crippen molar-refractivity contribution in [2.45, 2.75) is 106 Å². The van der Waals surface area contributed by atoms with Gasteiger partial charge >= 0.3 is 17.9 Å². The molecular formula is C62H80N10O13S2. The number of esters is 3. The third-order valence-corrected chi connectivity index (χ3v) is 14.4. The van der Waals surface area contributed by atoms with E-state index >= 15 is 0 Å². The average molecular weight is 1240 g/mol. The van der Waals surface area contributed by atoms with Gasteiger partial charge in [-0.25, -0.2) is 29.5 Å². The molecule has 6 aromatic rings. The van der Waals surface area contributed by atoms with Crippen LogP contribution >= 0.6 is 22.7 Å². The number of aromatic hydroxyl groups is 1. The summed E-state index contributed by atoms with van der Waals surface area (Å²) in [5.41, 5.74) is 4.28. The van der Waals surface area contributed by atoms with Crippen molar-refractivity contribution in [1.29, 1.82) is 0 Å². The molecule has 2 aromatic carbocycles. The number of benzene rings is 2. The molecule has 25 heteroatoms. The van der Waals surface area contributed by atoms with Gasteiger partial charge < -0.3 is 60.7 Å². The number of carbonyl (C=O) groups is 7. The number of hydrogen-bond acceptors (Lipinski definition) is 21. The van der Waals surface area contributed by atoms with Gasteiger partial charge in [0.05, 0.1) is 62.8 Å². The van der Waals surface area contributed by atoms with Gasteiger partial charge in [0.25, 0.3) is 23.6 Å². The van der Waals surface area contributed by atoms with E-state index in [-0.39, 0.29) is 66.9 Å². The first-order valence-electron chi connectivity index (χ1n) is 28.9. The maximum absolute atomic E-state index is 13.4. The van der Waals surface area contributed by atoms with Gasteiger partial charge in [-0.15, -0.1) is 22.7 Å². The second kappa shape index (κ2) is 37.2. The zero-order valence-corrected chi connectivity index (χ0v) is 52.2. The molecule has 4 aromatic heterocycles. The van der Waals surface area contributed by atoms with Gasteiger partial charge in [-0.1, -0.05) is 50.2 Å². The number of hydrogen-bond donors (Lipinski definition) is 7. The summed E-state index contributed by atoms with van der Waals surface area (Å²) in [4.78, 5) is 108. The van der Waals surface area contributed by atoms with E-state index in [1.165, 1.54) is 22.7 Å². The summed E-state index contributed by atoms with van der Waals surface area (Å²) in [6, 6.07) is 19.2. The summed E-state index contributed by atoms with van der Waals surface area (Å²) >= 11 is 2.54. The second-order valence-electron chi connectivity index (χ2n) is 20.0. The highest BCUT2D eigenvalue weighted by Gasteiger charge is 2.28. The molecule has 0 unspecified atom stereocenters. The minimum atomic E-state index is -1.13. The van der Waals surface area contributed by atoms with Gasteiger partial charge in [-0.05, 0) is 126 Å². The molecule has 7 N–H and O–H groups in total. The summed E-state index contributed by atoms with van der Waals surface area (Å²) in [7, 11) is 0. The van der Waals surface area contributed by atoms with Crippen LogP contribution in [0.15, 0.2) is 83.6 Å². The molecule has 0 aliphatic carbocycles. The Balaban J connectivity index is 0.000000319. The molecule has 4 heterocycles. The fourth-order valence-electron chi connectivity index (χ4n) is 8.33. The van der Waals surface area contributed by atoms with Crippen molar-refractivity contribution >= 4 is 76.1 Å². The first kappa shape index (κ1) is 69.4. The number of carbonyl (C=O) groups excluding carboxylic acids is 7. The molecule has 0 saturated heterocycles. The number of nitrogens with one attached hydrogen (secondary N) is 6. The van der Waals surface area contributed by atoms with Gasteiger partial charge in [-0.2, -0.15) is 0 Å². The van der Waals surface area contributed by atoms with Crippen molar-refractivity contribution in [2.24, 2.45) is 5.92 Å². The number of rotatable bonds is 34. The zero-order valence-electron chi connectivity index (χ0n) is 50.6. The minimum Gasteiger partial charge on any atom is -0.508 e. The van der Waals surface area contributed by atoms with Crippen LogP contribution in [0.1, 0.15) is 127 Å². The molecule has 4 amide bonds. The summed E-state index contributed by atoms with van der Waals surface area (Å²) in [5.74, 6) is -2.10. The van der Waals surface area contributed by atoms with Crippen molar-refractivity contribution in [1.82, 2.24) is 41.2 Å². The normalized spacial score (nSPS) is 11.5. The highest BCUT2D eigenvalue weighted by Crippen LogP contribution is 2.19. The van der Waals surface area contributed by atoms with Crippen LogP contribution in [0.5, 0.6) is 11.5 Å². The Kier molecular flexibility index (Phi) is 29.7. The predicted octanol–water partition coefficient (Wildman–Crippen LogP) is 7.66. The van der Waals surface area contributed by atoms with Crippen LogP contribution in [0.25, 0.3) is 0 Å². The molecule has 0 fully saturated rings. The molecule has 0 aliphatic rings. The summed E-state index contributed by atoms with van der Waals surface area (Å²) < 4.78 is 26.7. The Hall–Kier alpha value is -8.39. The molecule has 0 radical (unpaired) electrons. The monoisotopic (exact) mass is 1240 g/mol. The molecule has 87 heavy (non-hydrogen) atoms. The van der Waals surface area contributed by atoms with Crippen molar-refractivity contribution in [3.05, 3.63) is 138 Å². The molecule has 0 bridgehead atoms. The number of aromatic nitrogens is 4. The quantitative estimate of drug-likeness (QED) is 0.0116. The molecule has 23 nitrogen and oxygen atoms in total. The highest BCUT2D eigenvalue weighted by atomic mass is 32.1. The van der Waals surface area contributed by atoms with Gasteiger partial charge in [0.2, 0.25) is 11.9 Å². The van der Waals surface area contributed by atoms with Crippen molar-refractivity contribution in [3.8, 4) is 11.5 Å². The van der Waals surface area contributed by atoms with Crippen LogP contribution in [-0.4, -0.2) is 144 Å². The van der Waals surface area contributed by atoms with Gasteiger partial charge in [-0.3, -0.25) is 24.0 Å². The van der Waals surface area contributed by atoms with E-state index < -0.39 is 35.8 Å². The van der Waals surface area contributed by atoms with Crippen molar-refractivity contribution in [3.63, 3.8) is 0 Å². The third kappa shape index (κ3) is 24.1. The Morgan fingerprint density at radius 3 is 1.37 bits per heavy atom. The van der Waals surface area contributed by atoms with Gasteiger partial charge in [0.1, 0.15) is 23.6 Å². The van der Waals surface area contributed by atoms with E-state index in [9.17, 15) is 38.7 Å². The Morgan fingerprint density at radius 1 is 0.529 bits per heavy atom. The van der Waals surface area contributed by atoms with Crippen LogP contribution in [0.3, 0.4) is 0 Å². The standard InChI is InChI=1S/C33H43N5O7S.C29H37N5O6S/c1-6-43-16-10-17-44-32(42)26(20-35-29(39)27-14-9-18-46-27)38-30(40)28-22(4)36-33(37-23(28)5)34-15-8-12-24-11-7-13-25(19-24)45-31(41)21(2)3;1-4-39-14-8-15-40-28(38)23(18-31-26(36)24-12-7-16-41-24)34-27(37)25-19(2)32-29(33-20(25)3)30-13-6-10-21-9-5-11-22(35)17-21/h7,9,11,13-14,18-19,21,26H,6,8,10,12,15-17,20H2,1-5H3,(H,35,39)(H,38,40)(H,34,36,37);5,7,9,11-12,16-17,23,35H,4,6,8,10,13-15,18H2,1-3H3,(H,31,36)(H,34,37)(H,30,32,33)/t26-;23-/m00/s1. The van der Waals surface area contributed by atoms with Crippen LogP contribution in [-0.2, 0) is 46.2 Å². The zero-order chi connectivity index (χ0) is 63.1. The Labute approximate surface area is 515 Å². The maximum Gasteiger partial charge on any atom is 0.330 e. The number of nitrogens with zero attached hydrogens (tertiary/aromatic N) is 4. The number of aryl methyl sites for hydroxylation is 6. The molecule has 0 spiro atoms. The first-order valence-corrected chi connectivity index (χ1v) is 30.6. The fourth-order valence-corrected chi connectivity index (χ4v) is 9.61. The Morgan fingerprint density at radius 2 is 0.966 bits per heavy atom. The lowest BCUT2D eigenvalue weighted by Gasteiger charge is -2.19. The third-order valence-electron chi connectivity index (χ3n) is 12.7. The van der Waals surface area contributed by atoms with E-state index in [2.05, 4.69) is 51.8 Å². The van der Waals surface area contributed by atoms with Crippen LogP contribution in [0.2, 0.25) is 0 Å². The van der Waals surface area contributed by atoms with Crippen LogP contribution in [0, 0.1) is 33.6 Å². The van der Waals surface area contributed by atoms with Crippen LogP contribution < -0.4 is 36.6 Å². The minimum absolute atomic E-state index is 0.114. The molecule has 0 aliphatic heterocycles. The average Bonchev–Trinajstić information content (AvgIpc) is 3.69. The number of anilines is 2. The topological polar surface area (TPSA) is 310 Å². The number of ether oxygens (including phenoxy) is 5. The lowest BCUT2D eigenvalue weighted by atomic mass is 10.1. The van der Waals surface area contributed by atoms with Gasteiger partial charge in [0.15, 0.2) is 0 Å². The molecule has 0 saturated carbocycles. The largest absolute Gasteiger partial charge is 0.508 e. The van der Waals surface area contributed by atoms with E-state index in [0.29, 0.717) is 103 Å². The number of thiophene rings is 2. The number of phenols is 1. The molecule has 468 valence electrons. The predicted molar refractivity (Wildman–Crippen MR) is 332 cm³/mol. The molecule has 2 atom stereocenters. The summed E-state index contributed by atoms with van der Waals surface area (Å²) in [5, 5.41) is 30.3. The maximum atomic E-state index is 13.4. The Bertz CT molecular complexity index is 3130. The fraction of sp³-hybridized carbons (Fsp3) is 0.435. The second-order valence-corrected chi connectivity index (χ2v) is 21.9. The van der Waals surface area contributed by atoms with Crippen molar-refractivity contribution < 1.29 is 62.4 Å². The first-order chi connectivity index (χ1) is 41.9. The highest BCUT2D eigenvalue weighted by molar-refractivity contribution is 7.12. The van der Waals surface area contributed by atoms with E-state index in [4.69, 9.17) is 23.7 Å². The molecular weight excluding hydrogens is 1160 g/mol. The van der Waals surface area contributed by atoms with E-state index in [0.717, 1.165) is 36.8 Å². The van der Waals surface area contributed by atoms with E-state index in [1.807, 2.05) is 44.2 Å². The van der Waals surface area contributed by atoms with Crippen LogP contribution in [0.4, 0.5) is 11.9 Å². The van der Waals surface area contributed by atoms with Gasteiger partial charge in [0, 0.05) is 65.4 Å². The summed E-state index contributed by atoms with van der Waals surface area (Å²) in [6.07, 6.45) is 4.07. The lowest BCUT2D eigenvalue weighted by Crippen LogP contribution is -2.49. The number of phenolic OH excluding ortho intramolecular Hbond substituents is 1.